The predicted octanol–water partition coefficient (Wildman–Crippen LogP) is 3.94. The largest absolute Gasteiger partial charge is 0.293 e. The highest BCUT2D eigenvalue weighted by Gasteiger charge is 2.18. The summed E-state index contributed by atoms with van der Waals surface area (Å²) in [4.78, 5) is 22.9. The van der Waals surface area contributed by atoms with Crippen LogP contribution in [0.3, 0.4) is 0 Å². The zero-order valence-electron chi connectivity index (χ0n) is 16.9. The van der Waals surface area contributed by atoms with Crippen molar-refractivity contribution in [2.24, 2.45) is 5.10 Å². The number of benzene rings is 2. The van der Waals surface area contributed by atoms with Crippen LogP contribution in [0.5, 0.6) is 0 Å². The topological polar surface area (TPSA) is 144 Å². The van der Waals surface area contributed by atoms with Gasteiger partial charge in [0.1, 0.15) is 0 Å². The Hall–Kier alpha value is -4.09. The number of aromatic nitrogens is 5. The van der Waals surface area contributed by atoms with Crippen LogP contribution in [-0.2, 0) is 0 Å². The van der Waals surface area contributed by atoms with Gasteiger partial charge in [-0.15, -0.1) is 5.10 Å². The lowest BCUT2D eigenvalue weighted by Gasteiger charge is -2.04. The lowest BCUT2D eigenvalue weighted by Crippen LogP contribution is -2.19. The van der Waals surface area contributed by atoms with E-state index in [1.54, 1.807) is 25.1 Å². The van der Waals surface area contributed by atoms with Gasteiger partial charge in [0, 0.05) is 28.3 Å². The second kappa shape index (κ2) is 9.18. The summed E-state index contributed by atoms with van der Waals surface area (Å²) in [6.45, 7) is 1.65. The highest BCUT2D eigenvalue weighted by atomic mass is 35.5. The van der Waals surface area contributed by atoms with Gasteiger partial charge in [0.05, 0.1) is 39.4 Å². The molecule has 0 aliphatic carbocycles. The zero-order chi connectivity index (χ0) is 23.5. The number of carbonyl (C=O) groups is 1. The third-order valence-electron chi connectivity index (χ3n) is 4.65. The molecule has 11 nitrogen and oxygen atoms in total. The van der Waals surface area contributed by atoms with Crippen molar-refractivity contribution in [1.82, 2.24) is 30.6 Å². The fourth-order valence-corrected chi connectivity index (χ4v) is 3.52. The fourth-order valence-electron chi connectivity index (χ4n) is 3.01. The molecular formula is C20H14Cl2N8O3. The molecule has 2 heterocycles. The highest BCUT2D eigenvalue weighted by Crippen LogP contribution is 2.30. The summed E-state index contributed by atoms with van der Waals surface area (Å²) in [6, 6.07) is 10.8. The molecular weight excluding hydrogens is 471 g/mol. The highest BCUT2D eigenvalue weighted by molar-refractivity contribution is 6.36. The van der Waals surface area contributed by atoms with Crippen molar-refractivity contribution in [2.75, 3.05) is 0 Å². The van der Waals surface area contributed by atoms with Crippen molar-refractivity contribution in [3.05, 3.63) is 85.8 Å². The Bertz CT molecular complexity index is 1380. The number of nitro benzene ring substituents is 1. The molecule has 0 spiro atoms. The first-order valence-electron chi connectivity index (χ1n) is 9.34. The zero-order valence-corrected chi connectivity index (χ0v) is 18.4. The predicted molar refractivity (Wildman–Crippen MR) is 122 cm³/mol. The number of aromatic amines is 1. The molecule has 0 unspecified atom stereocenters. The summed E-state index contributed by atoms with van der Waals surface area (Å²) in [5.74, 6) is -0.577. The average molecular weight is 485 g/mol. The Kier molecular flexibility index (Phi) is 6.16. The Balaban J connectivity index is 1.49. The van der Waals surface area contributed by atoms with Gasteiger partial charge in [-0.25, -0.2) is 10.1 Å². The molecule has 0 aliphatic rings. The number of non-ortho nitro benzene ring substituents is 1. The normalized spacial score (nSPS) is 11.1. The van der Waals surface area contributed by atoms with Gasteiger partial charge in [0.2, 0.25) is 0 Å². The molecule has 1 amide bonds. The van der Waals surface area contributed by atoms with E-state index in [0.717, 1.165) is 0 Å². The second-order valence-corrected chi connectivity index (χ2v) is 7.58. The van der Waals surface area contributed by atoms with Gasteiger partial charge < -0.3 is 0 Å². The van der Waals surface area contributed by atoms with Gasteiger partial charge in [-0.3, -0.25) is 20.0 Å². The first-order valence-corrected chi connectivity index (χ1v) is 10.1. The van der Waals surface area contributed by atoms with Crippen molar-refractivity contribution >= 4 is 41.0 Å². The fraction of sp³-hybridized carbons (Fsp3) is 0.0500. The minimum atomic E-state index is -0.577. The lowest BCUT2D eigenvalue weighted by molar-refractivity contribution is -0.384. The summed E-state index contributed by atoms with van der Waals surface area (Å²) in [5, 5.41) is 30.4. The number of nitrogens with zero attached hydrogens (tertiary/aromatic N) is 6. The van der Waals surface area contributed by atoms with Crippen molar-refractivity contribution in [3.8, 4) is 16.9 Å². The van der Waals surface area contributed by atoms with E-state index in [2.05, 4.69) is 31.0 Å². The summed E-state index contributed by atoms with van der Waals surface area (Å²) in [6.07, 6.45) is 2.95. The minimum Gasteiger partial charge on any atom is -0.277 e. The van der Waals surface area contributed by atoms with Crippen LogP contribution in [0.2, 0.25) is 10.0 Å². The third-order valence-corrected chi connectivity index (χ3v) is 5.20. The summed E-state index contributed by atoms with van der Waals surface area (Å²) in [5.41, 5.74) is 5.23. The van der Waals surface area contributed by atoms with Crippen LogP contribution in [0.15, 0.2) is 53.8 Å². The van der Waals surface area contributed by atoms with Gasteiger partial charge in [-0.2, -0.15) is 10.2 Å². The van der Waals surface area contributed by atoms with Gasteiger partial charge in [0.15, 0.2) is 5.69 Å². The second-order valence-electron chi connectivity index (χ2n) is 6.73. The molecule has 33 heavy (non-hydrogen) atoms. The number of halogens is 2. The molecule has 4 rings (SSSR count). The first-order chi connectivity index (χ1) is 15.8. The Labute approximate surface area is 196 Å². The van der Waals surface area contributed by atoms with E-state index in [1.165, 1.54) is 41.4 Å². The lowest BCUT2D eigenvalue weighted by atomic mass is 10.1. The molecule has 4 aromatic rings. The van der Waals surface area contributed by atoms with Gasteiger partial charge in [0.25, 0.3) is 11.6 Å². The molecule has 0 radical (unpaired) electrons. The molecule has 0 aliphatic heterocycles. The Morgan fingerprint density at radius 1 is 1.24 bits per heavy atom. The molecule has 0 atom stereocenters. The number of carbonyl (C=O) groups excluding carboxylic acids is 1. The maximum atomic E-state index is 12.5. The van der Waals surface area contributed by atoms with Crippen LogP contribution in [0, 0.1) is 17.0 Å². The van der Waals surface area contributed by atoms with Crippen molar-refractivity contribution < 1.29 is 9.72 Å². The standard InChI is InChI=1S/C20H14Cl2N8O3/c1-11-18(26-28-29(11)14-3-5-15(6-4-14)30(32)33)20(31)27-24-10-12-9-23-25-19(12)16-7-2-13(21)8-17(16)22/h2-10H,1H3,(H,23,25)(H,27,31)/b24-10+. The van der Waals surface area contributed by atoms with Crippen molar-refractivity contribution in [2.45, 2.75) is 6.92 Å². The van der Waals surface area contributed by atoms with Crippen LogP contribution < -0.4 is 5.43 Å². The maximum absolute atomic E-state index is 12.5. The average Bonchev–Trinajstić information content (AvgIpc) is 3.40. The molecule has 2 N–H and O–H groups in total. The smallest absolute Gasteiger partial charge is 0.277 e. The molecule has 0 saturated heterocycles. The van der Waals surface area contributed by atoms with Crippen LogP contribution in [-0.4, -0.2) is 42.2 Å². The molecule has 0 bridgehead atoms. The number of amides is 1. The Morgan fingerprint density at radius 2 is 2.00 bits per heavy atom. The number of hydrogen-bond acceptors (Lipinski definition) is 7. The molecule has 2 aromatic carbocycles. The monoisotopic (exact) mass is 484 g/mol. The van der Waals surface area contributed by atoms with E-state index in [9.17, 15) is 14.9 Å². The minimum absolute atomic E-state index is 0.0534. The van der Waals surface area contributed by atoms with E-state index < -0.39 is 10.8 Å². The number of hydrogen-bond donors (Lipinski definition) is 2. The van der Waals surface area contributed by atoms with Crippen LogP contribution >= 0.6 is 23.2 Å². The van der Waals surface area contributed by atoms with E-state index in [4.69, 9.17) is 23.2 Å². The van der Waals surface area contributed by atoms with Gasteiger partial charge in [-0.1, -0.05) is 28.4 Å². The van der Waals surface area contributed by atoms with Crippen molar-refractivity contribution in [3.63, 3.8) is 0 Å². The molecule has 13 heteroatoms. The quantitative estimate of drug-likeness (QED) is 0.241. The summed E-state index contributed by atoms with van der Waals surface area (Å²) < 4.78 is 1.40. The van der Waals surface area contributed by atoms with E-state index >= 15 is 0 Å². The molecule has 0 saturated carbocycles. The summed E-state index contributed by atoms with van der Waals surface area (Å²) >= 11 is 12.2. The molecule has 0 fully saturated rings. The van der Waals surface area contributed by atoms with Crippen LogP contribution in [0.4, 0.5) is 5.69 Å². The van der Waals surface area contributed by atoms with Crippen LogP contribution in [0.1, 0.15) is 21.7 Å². The number of nitrogens with one attached hydrogen (secondary N) is 2. The first kappa shape index (κ1) is 22.1. The number of hydrazone groups is 1. The summed E-state index contributed by atoms with van der Waals surface area (Å²) in [7, 11) is 0. The number of nitro groups is 1. The van der Waals surface area contributed by atoms with E-state index in [0.29, 0.717) is 38.2 Å². The third kappa shape index (κ3) is 4.59. The van der Waals surface area contributed by atoms with E-state index in [-0.39, 0.29) is 11.4 Å². The van der Waals surface area contributed by atoms with Crippen molar-refractivity contribution in [1.29, 1.82) is 0 Å². The van der Waals surface area contributed by atoms with Crippen LogP contribution in [0.25, 0.3) is 16.9 Å². The maximum Gasteiger partial charge on any atom is 0.293 e. The van der Waals surface area contributed by atoms with Gasteiger partial charge in [-0.05, 0) is 37.3 Å². The molecule has 2 aromatic heterocycles. The SMILES string of the molecule is Cc1c(C(=O)N/N=C/c2cn[nH]c2-c2ccc(Cl)cc2Cl)nnn1-c1ccc([N+](=O)[O-])cc1. The number of rotatable bonds is 6. The molecule has 166 valence electrons. The van der Waals surface area contributed by atoms with Gasteiger partial charge >= 0.3 is 0 Å². The Morgan fingerprint density at radius 3 is 2.70 bits per heavy atom. The van der Waals surface area contributed by atoms with E-state index in [1.807, 2.05) is 0 Å². The number of H-pyrrole nitrogens is 1.